The van der Waals surface area contributed by atoms with Gasteiger partial charge in [-0.1, -0.05) is 187 Å². The normalized spacial score (nSPS) is 22.0. The number of aliphatic hydroxyl groups is 7. The largest absolute Gasteiger partial charge is 0.394 e. The lowest BCUT2D eigenvalue weighted by molar-refractivity contribution is -0.303. The summed E-state index contributed by atoms with van der Waals surface area (Å²) in [6.45, 7) is 3.33. The van der Waals surface area contributed by atoms with Crippen molar-refractivity contribution in [2.24, 2.45) is 0 Å². The van der Waals surface area contributed by atoms with Gasteiger partial charge >= 0.3 is 0 Å². The fraction of sp³-hybridized carbons (Fsp3) is 0.936. The van der Waals surface area contributed by atoms with E-state index < -0.39 is 74.2 Å². The van der Waals surface area contributed by atoms with Crippen molar-refractivity contribution in [2.45, 2.75) is 268 Å². The van der Waals surface area contributed by atoms with Gasteiger partial charge < -0.3 is 50.5 Å². The highest BCUT2D eigenvalue weighted by Gasteiger charge is 2.44. The number of amides is 1. The highest BCUT2D eigenvalue weighted by atomic mass is 16.7. The monoisotopic (exact) mass is 830 g/mol. The molecule has 1 rings (SSSR count). The molecule has 1 heterocycles. The zero-order valence-corrected chi connectivity index (χ0v) is 37.0. The van der Waals surface area contributed by atoms with Crippen molar-refractivity contribution in [2.75, 3.05) is 13.2 Å². The lowest BCUT2D eigenvalue weighted by Gasteiger charge is -2.40. The van der Waals surface area contributed by atoms with Gasteiger partial charge in [-0.05, 0) is 38.5 Å². The molecule has 0 aromatic carbocycles. The molecule has 1 saturated heterocycles. The third kappa shape index (κ3) is 26.9. The van der Waals surface area contributed by atoms with Crippen LogP contribution >= 0.6 is 0 Å². The molecule has 1 aliphatic rings. The number of aliphatic hydroxyl groups excluding tert-OH is 7. The Bertz CT molecular complexity index is 954. The van der Waals surface area contributed by atoms with E-state index in [2.05, 4.69) is 31.3 Å². The van der Waals surface area contributed by atoms with Crippen LogP contribution in [0.4, 0.5) is 0 Å². The fourth-order valence-corrected chi connectivity index (χ4v) is 7.79. The second-order valence-electron chi connectivity index (χ2n) is 17.2. The van der Waals surface area contributed by atoms with Crippen molar-refractivity contribution < 1.29 is 50.0 Å². The topological polar surface area (TPSA) is 189 Å². The van der Waals surface area contributed by atoms with Crippen molar-refractivity contribution in [3.8, 4) is 0 Å². The third-order valence-electron chi connectivity index (χ3n) is 11.8. The van der Waals surface area contributed by atoms with E-state index >= 15 is 0 Å². The first kappa shape index (κ1) is 54.9. The fourth-order valence-electron chi connectivity index (χ4n) is 7.79. The maximum atomic E-state index is 13.0. The maximum absolute atomic E-state index is 13.0. The molecule has 0 aromatic heterocycles. The van der Waals surface area contributed by atoms with E-state index in [0.717, 1.165) is 44.9 Å². The Kier molecular flexibility index (Phi) is 35.6. The van der Waals surface area contributed by atoms with Crippen molar-refractivity contribution in [1.82, 2.24) is 5.32 Å². The van der Waals surface area contributed by atoms with Crippen LogP contribution in [-0.2, 0) is 14.3 Å². The van der Waals surface area contributed by atoms with Crippen LogP contribution in [0.3, 0.4) is 0 Å². The van der Waals surface area contributed by atoms with Crippen molar-refractivity contribution in [3.05, 3.63) is 12.2 Å². The molecule has 0 spiro atoms. The molecule has 9 atom stereocenters. The number of nitrogens with one attached hydrogen (secondary N) is 1. The van der Waals surface area contributed by atoms with Gasteiger partial charge in [-0.3, -0.25) is 4.79 Å². The maximum Gasteiger partial charge on any atom is 0.249 e. The lowest BCUT2D eigenvalue weighted by atomic mass is 9.98. The van der Waals surface area contributed by atoms with Crippen LogP contribution in [0, 0.1) is 0 Å². The van der Waals surface area contributed by atoms with Gasteiger partial charge in [0.25, 0.3) is 0 Å². The summed E-state index contributed by atoms with van der Waals surface area (Å²) in [5.41, 5.74) is 0. The van der Waals surface area contributed by atoms with Crippen LogP contribution < -0.4 is 5.32 Å². The molecule has 0 saturated carbocycles. The number of carbonyl (C=O) groups excluding carboxylic acids is 1. The molecule has 1 aliphatic heterocycles. The molecule has 0 aliphatic carbocycles. The molecule has 8 N–H and O–H groups in total. The van der Waals surface area contributed by atoms with Gasteiger partial charge in [0.1, 0.15) is 36.6 Å². The minimum absolute atomic E-state index is 0.260. The van der Waals surface area contributed by atoms with Gasteiger partial charge in [0.2, 0.25) is 5.91 Å². The van der Waals surface area contributed by atoms with Crippen LogP contribution in [0.25, 0.3) is 0 Å². The number of allylic oxidation sites excluding steroid dienone is 2. The van der Waals surface area contributed by atoms with Crippen molar-refractivity contribution in [1.29, 1.82) is 0 Å². The minimum atomic E-state index is -1.66. The van der Waals surface area contributed by atoms with Crippen LogP contribution in [0.2, 0.25) is 0 Å². The zero-order valence-electron chi connectivity index (χ0n) is 37.0. The zero-order chi connectivity index (χ0) is 42.6. The van der Waals surface area contributed by atoms with E-state index in [1.807, 2.05) is 0 Å². The van der Waals surface area contributed by atoms with Crippen LogP contribution in [0.1, 0.15) is 213 Å². The van der Waals surface area contributed by atoms with E-state index in [1.165, 1.54) is 128 Å². The molecular formula is C47H91NO10. The first-order chi connectivity index (χ1) is 28.2. The van der Waals surface area contributed by atoms with Gasteiger partial charge in [-0.25, -0.2) is 0 Å². The Morgan fingerprint density at radius 1 is 0.586 bits per heavy atom. The summed E-state index contributed by atoms with van der Waals surface area (Å²) in [6, 6.07) is -1.16. The van der Waals surface area contributed by atoms with Crippen LogP contribution in [-0.4, -0.2) is 110 Å². The Morgan fingerprint density at radius 2 is 1.00 bits per heavy atom. The van der Waals surface area contributed by atoms with Gasteiger partial charge in [0, 0.05) is 0 Å². The average Bonchev–Trinajstić information content (AvgIpc) is 3.22. The number of unbranched alkanes of at least 4 members (excludes halogenated alkanes) is 26. The first-order valence-corrected chi connectivity index (χ1v) is 24.1. The second kappa shape index (κ2) is 37.6. The molecule has 58 heavy (non-hydrogen) atoms. The van der Waals surface area contributed by atoms with Crippen LogP contribution in [0.15, 0.2) is 12.2 Å². The molecule has 344 valence electrons. The highest BCUT2D eigenvalue weighted by molar-refractivity contribution is 5.80. The molecule has 0 radical (unpaired) electrons. The summed E-state index contributed by atoms with van der Waals surface area (Å²) in [5, 5.41) is 75.0. The molecule has 0 bridgehead atoms. The van der Waals surface area contributed by atoms with Crippen molar-refractivity contribution >= 4 is 5.91 Å². The predicted molar refractivity (Wildman–Crippen MR) is 233 cm³/mol. The Balaban J connectivity index is 2.20. The standard InChI is InChI=1S/C47H91NO10/c1-3-5-7-9-10-11-12-13-14-15-16-17-18-19-20-21-22-23-24-25-26-27-28-29-31-33-35-40(51)46(56)48-38(42(52)39(50)34-32-30-8-6-4-2)37-57-47-45(55)44(54)43(53)41(36-49)58-47/h19-20,38-45,47,49-55H,3-18,21-37H2,1-2H3,(H,48,56)/b20-19-. The SMILES string of the molecule is CCCCCCCCCCCCCC/C=C\CCCCCCCCCCCCC(O)C(=O)NC(COC1OC(CO)C(O)C(O)C1O)C(O)C(O)CCCCCCC. The number of rotatable bonds is 40. The molecule has 11 nitrogen and oxygen atoms in total. The molecule has 11 heteroatoms. The number of ether oxygens (including phenoxy) is 2. The molecule has 9 unspecified atom stereocenters. The Labute approximate surface area is 353 Å². The molecule has 1 amide bonds. The number of carbonyl (C=O) groups is 1. The van der Waals surface area contributed by atoms with E-state index in [4.69, 9.17) is 9.47 Å². The summed E-state index contributed by atoms with van der Waals surface area (Å²) in [5.74, 6) is -0.702. The van der Waals surface area contributed by atoms with E-state index in [9.17, 15) is 40.5 Å². The van der Waals surface area contributed by atoms with Crippen LogP contribution in [0.5, 0.6) is 0 Å². The third-order valence-corrected chi connectivity index (χ3v) is 11.8. The quantitative estimate of drug-likeness (QED) is 0.0222. The second-order valence-corrected chi connectivity index (χ2v) is 17.2. The summed E-state index contributed by atoms with van der Waals surface area (Å²) < 4.78 is 11.0. The summed E-state index contributed by atoms with van der Waals surface area (Å²) in [7, 11) is 0. The average molecular weight is 830 g/mol. The Morgan fingerprint density at radius 3 is 1.45 bits per heavy atom. The van der Waals surface area contributed by atoms with Gasteiger partial charge in [-0.15, -0.1) is 0 Å². The van der Waals surface area contributed by atoms with Crippen molar-refractivity contribution in [3.63, 3.8) is 0 Å². The van der Waals surface area contributed by atoms with E-state index in [1.54, 1.807) is 0 Å². The Hall–Kier alpha value is -1.15. The first-order valence-electron chi connectivity index (χ1n) is 24.1. The summed E-state index contributed by atoms with van der Waals surface area (Å²) >= 11 is 0. The van der Waals surface area contributed by atoms with E-state index in [0.29, 0.717) is 19.3 Å². The van der Waals surface area contributed by atoms with Gasteiger partial charge in [0.05, 0.1) is 25.4 Å². The summed E-state index contributed by atoms with van der Waals surface area (Å²) in [6.07, 6.45) is 29.1. The molecule has 1 fully saturated rings. The number of hydrogen-bond acceptors (Lipinski definition) is 10. The number of hydrogen-bond donors (Lipinski definition) is 8. The molecule has 0 aromatic rings. The molecular weight excluding hydrogens is 739 g/mol. The highest BCUT2D eigenvalue weighted by Crippen LogP contribution is 2.23. The lowest BCUT2D eigenvalue weighted by Crippen LogP contribution is -2.60. The predicted octanol–water partition coefficient (Wildman–Crippen LogP) is 8.06. The van der Waals surface area contributed by atoms with Gasteiger partial charge in [-0.2, -0.15) is 0 Å². The summed E-state index contributed by atoms with van der Waals surface area (Å²) in [4.78, 5) is 13.0. The van der Waals surface area contributed by atoms with E-state index in [-0.39, 0.29) is 6.42 Å². The van der Waals surface area contributed by atoms with Gasteiger partial charge in [0.15, 0.2) is 6.29 Å². The smallest absolute Gasteiger partial charge is 0.249 e. The minimum Gasteiger partial charge on any atom is -0.394 e.